The molecule has 0 atom stereocenters. The maximum absolute atomic E-state index is 3.67. The Morgan fingerprint density at radius 1 is 0.679 bits per heavy atom. The van der Waals surface area contributed by atoms with Gasteiger partial charge in [0.2, 0.25) is 0 Å². The van der Waals surface area contributed by atoms with E-state index in [1.165, 1.54) is 38.6 Å². The standard InChI is InChI=1S/C26H30N2/c1-25(2,3)28(26(4,5)6)19-16-21(18-12-8-7-9-13-18)24-22(17-19)20-14-10-11-15-23(20)27-24/h7-17,27H,1-6H3. The van der Waals surface area contributed by atoms with Crippen LogP contribution < -0.4 is 4.90 Å². The number of H-pyrrole nitrogens is 1. The van der Waals surface area contributed by atoms with Crippen molar-refractivity contribution in [1.29, 1.82) is 0 Å². The molecule has 2 nitrogen and oxygen atoms in total. The van der Waals surface area contributed by atoms with Crippen LogP contribution in [-0.4, -0.2) is 16.1 Å². The number of aromatic amines is 1. The quantitative estimate of drug-likeness (QED) is 0.390. The zero-order chi connectivity index (χ0) is 20.1. The summed E-state index contributed by atoms with van der Waals surface area (Å²) in [7, 11) is 0. The van der Waals surface area contributed by atoms with Crippen LogP contribution in [0.1, 0.15) is 41.5 Å². The van der Waals surface area contributed by atoms with E-state index in [9.17, 15) is 0 Å². The normalized spacial score (nSPS) is 12.6. The Labute approximate surface area is 168 Å². The van der Waals surface area contributed by atoms with Crippen LogP contribution in [-0.2, 0) is 0 Å². The van der Waals surface area contributed by atoms with Gasteiger partial charge in [0.1, 0.15) is 0 Å². The lowest BCUT2D eigenvalue weighted by atomic mass is 9.92. The highest BCUT2D eigenvalue weighted by Gasteiger charge is 2.32. The van der Waals surface area contributed by atoms with Crippen molar-refractivity contribution >= 4 is 27.5 Å². The van der Waals surface area contributed by atoms with Gasteiger partial charge in [-0.15, -0.1) is 0 Å². The van der Waals surface area contributed by atoms with Crippen molar-refractivity contribution in [3.63, 3.8) is 0 Å². The van der Waals surface area contributed by atoms with E-state index in [1.807, 2.05) is 0 Å². The Morgan fingerprint density at radius 3 is 1.93 bits per heavy atom. The van der Waals surface area contributed by atoms with E-state index in [0.29, 0.717) is 0 Å². The number of para-hydroxylation sites is 1. The van der Waals surface area contributed by atoms with Gasteiger partial charge < -0.3 is 9.88 Å². The van der Waals surface area contributed by atoms with Gasteiger partial charge >= 0.3 is 0 Å². The molecule has 4 aromatic rings. The number of rotatable bonds is 2. The highest BCUT2D eigenvalue weighted by Crippen LogP contribution is 2.40. The minimum Gasteiger partial charge on any atom is -0.362 e. The van der Waals surface area contributed by atoms with Crippen molar-refractivity contribution in [3.05, 3.63) is 66.7 Å². The molecule has 1 aromatic heterocycles. The molecule has 1 N–H and O–H groups in total. The molecule has 0 radical (unpaired) electrons. The third kappa shape index (κ3) is 3.17. The summed E-state index contributed by atoms with van der Waals surface area (Å²) in [5, 5.41) is 2.56. The second-order valence-electron chi connectivity index (χ2n) is 9.63. The van der Waals surface area contributed by atoms with Gasteiger partial charge in [0.15, 0.2) is 0 Å². The highest BCUT2D eigenvalue weighted by atomic mass is 15.2. The highest BCUT2D eigenvalue weighted by molar-refractivity contribution is 6.13. The van der Waals surface area contributed by atoms with E-state index < -0.39 is 0 Å². The molecule has 0 unspecified atom stereocenters. The predicted octanol–water partition coefficient (Wildman–Crippen LogP) is 7.39. The van der Waals surface area contributed by atoms with Crippen LogP contribution in [0.2, 0.25) is 0 Å². The number of hydrogen-bond acceptors (Lipinski definition) is 1. The fourth-order valence-corrected chi connectivity index (χ4v) is 4.69. The van der Waals surface area contributed by atoms with Crippen LogP contribution in [0.25, 0.3) is 32.9 Å². The van der Waals surface area contributed by atoms with Crippen molar-refractivity contribution in [1.82, 2.24) is 4.98 Å². The number of nitrogens with one attached hydrogen (secondary N) is 1. The van der Waals surface area contributed by atoms with Gasteiger partial charge in [0, 0.05) is 38.6 Å². The van der Waals surface area contributed by atoms with Crippen molar-refractivity contribution < 1.29 is 0 Å². The molecule has 0 fully saturated rings. The Bertz CT molecular complexity index is 1110. The first kappa shape index (κ1) is 18.6. The van der Waals surface area contributed by atoms with Gasteiger partial charge in [0.25, 0.3) is 0 Å². The molecule has 2 heteroatoms. The number of fused-ring (bicyclic) bond motifs is 3. The van der Waals surface area contributed by atoms with Crippen molar-refractivity contribution in [2.75, 3.05) is 4.90 Å². The van der Waals surface area contributed by atoms with Crippen LogP contribution in [0.3, 0.4) is 0 Å². The summed E-state index contributed by atoms with van der Waals surface area (Å²) in [4.78, 5) is 6.21. The third-order valence-corrected chi connectivity index (χ3v) is 5.28. The van der Waals surface area contributed by atoms with Gasteiger partial charge in [0.05, 0.1) is 5.52 Å². The lowest BCUT2D eigenvalue weighted by Crippen LogP contribution is -2.53. The molecule has 0 aliphatic rings. The van der Waals surface area contributed by atoms with E-state index in [4.69, 9.17) is 0 Å². The first-order valence-electron chi connectivity index (χ1n) is 10.1. The van der Waals surface area contributed by atoms with E-state index >= 15 is 0 Å². The lowest BCUT2D eigenvalue weighted by Gasteiger charge is -2.47. The van der Waals surface area contributed by atoms with E-state index in [0.717, 1.165) is 0 Å². The zero-order valence-corrected chi connectivity index (χ0v) is 17.8. The lowest BCUT2D eigenvalue weighted by molar-refractivity contribution is 0.381. The van der Waals surface area contributed by atoms with Crippen molar-refractivity contribution in [3.8, 4) is 11.1 Å². The van der Waals surface area contributed by atoms with Crippen LogP contribution in [0.15, 0.2) is 66.7 Å². The van der Waals surface area contributed by atoms with Gasteiger partial charge in [-0.05, 0) is 65.3 Å². The molecule has 0 saturated heterocycles. The van der Waals surface area contributed by atoms with Crippen LogP contribution in [0.5, 0.6) is 0 Å². The smallest absolute Gasteiger partial charge is 0.0546 e. The van der Waals surface area contributed by atoms with Crippen molar-refractivity contribution in [2.24, 2.45) is 0 Å². The average Bonchev–Trinajstić information content (AvgIpc) is 2.98. The molecule has 0 aliphatic heterocycles. The second-order valence-corrected chi connectivity index (χ2v) is 9.63. The average molecular weight is 371 g/mol. The second kappa shape index (κ2) is 6.41. The molecule has 0 saturated carbocycles. The summed E-state index contributed by atoms with van der Waals surface area (Å²) in [6.45, 7) is 13.7. The van der Waals surface area contributed by atoms with Crippen LogP contribution >= 0.6 is 0 Å². The predicted molar refractivity (Wildman–Crippen MR) is 123 cm³/mol. The van der Waals surface area contributed by atoms with E-state index in [-0.39, 0.29) is 11.1 Å². The van der Waals surface area contributed by atoms with Crippen molar-refractivity contribution in [2.45, 2.75) is 52.6 Å². The molecule has 0 spiro atoms. The number of hydrogen-bond donors (Lipinski definition) is 1. The largest absolute Gasteiger partial charge is 0.362 e. The Hall–Kier alpha value is -2.74. The third-order valence-electron chi connectivity index (χ3n) is 5.28. The maximum atomic E-state index is 3.67. The van der Waals surface area contributed by atoms with Crippen LogP contribution in [0.4, 0.5) is 5.69 Å². The molecule has 0 aliphatic carbocycles. The molecule has 3 aromatic carbocycles. The summed E-state index contributed by atoms with van der Waals surface area (Å²) in [6.07, 6.45) is 0. The van der Waals surface area contributed by atoms with Gasteiger partial charge in [-0.1, -0.05) is 48.5 Å². The summed E-state index contributed by atoms with van der Waals surface area (Å²) in [5.74, 6) is 0. The maximum Gasteiger partial charge on any atom is 0.0546 e. The van der Waals surface area contributed by atoms with Gasteiger partial charge in [-0.2, -0.15) is 0 Å². The Kier molecular flexibility index (Phi) is 4.26. The number of nitrogens with zero attached hydrogens (tertiary/aromatic N) is 1. The van der Waals surface area contributed by atoms with Crippen LogP contribution in [0, 0.1) is 0 Å². The molecule has 4 rings (SSSR count). The first-order valence-corrected chi connectivity index (χ1v) is 10.1. The Morgan fingerprint density at radius 2 is 1.29 bits per heavy atom. The summed E-state index contributed by atoms with van der Waals surface area (Å²) < 4.78 is 0. The number of benzene rings is 3. The molecule has 1 heterocycles. The van der Waals surface area contributed by atoms with Gasteiger partial charge in [-0.25, -0.2) is 0 Å². The minimum atomic E-state index is 0.00595. The van der Waals surface area contributed by atoms with E-state index in [2.05, 4.69) is 118 Å². The first-order chi connectivity index (χ1) is 13.2. The Balaban J connectivity index is 2.10. The topological polar surface area (TPSA) is 19.0 Å². The minimum absolute atomic E-state index is 0.00595. The summed E-state index contributed by atoms with van der Waals surface area (Å²) in [5.41, 5.74) is 6.16. The SMILES string of the molecule is CC(C)(C)N(c1cc(-c2ccccc2)c2[nH]c3ccccc3c2c1)C(C)(C)C. The monoisotopic (exact) mass is 370 g/mol. The molecule has 0 amide bonds. The summed E-state index contributed by atoms with van der Waals surface area (Å²) in [6, 6.07) is 24.0. The summed E-state index contributed by atoms with van der Waals surface area (Å²) >= 11 is 0. The fraction of sp³-hybridized carbons (Fsp3) is 0.308. The molecule has 28 heavy (non-hydrogen) atoms. The fourth-order valence-electron chi connectivity index (χ4n) is 4.69. The molecule has 0 bridgehead atoms. The molecular weight excluding hydrogens is 340 g/mol. The zero-order valence-electron chi connectivity index (χ0n) is 17.8. The molecule has 144 valence electrons. The van der Waals surface area contributed by atoms with Gasteiger partial charge in [-0.3, -0.25) is 0 Å². The number of anilines is 1. The number of aromatic nitrogens is 1. The van der Waals surface area contributed by atoms with E-state index in [1.54, 1.807) is 0 Å². The molecular formula is C26H30N2.